The van der Waals surface area contributed by atoms with Crippen LogP contribution in [0.3, 0.4) is 0 Å². The number of carboxylic acid groups (broad SMARTS) is 1. The molecule has 102 valence electrons. The van der Waals surface area contributed by atoms with Gasteiger partial charge in [0, 0.05) is 12.6 Å². The van der Waals surface area contributed by atoms with Crippen LogP contribution in [0.1, 0.15) is 39.0 Å². The summed E-state index contributed by atoms with van der Waals surface area (Å²) < 4.78 is 0. The van der Waals surface area contributed by atoms with Crippen LogP contribution in [0.25, 0.3) is 0 Å². The van der Waals surface area contributed by atoms with Crippen molar-refractivity contribution in [2.24, 2.45) is 11.8 Å². The molecule has 5 heteroatoms. The average Bonchev–Trinajstić information content (AvgIpc) is 3.10. The highest BCUT2D eigenvalue weighted by Gasteiger charge is 2.29. The number of nitrogens with zero attached hydrogens (tertiary/aromatic N) is 1. The summed E-state index contributed by atoms with van der Waals surface area (Å²) in [5.41, 5.74) is 0. The monoisotopic (exact) mass is 254 g/mol. The molecule has 1 unspecified atom stereocenters. The molecule has 1 atom stereocenters. The van der Waals surface area contributed by atoms with Gasteiger partial charge in [-0.3, -0.25) is 4.79 Å². The molecule has 0 saturated heterocycles. The number of hydrogen-bond donors (Lipinski definition) is 2. The van der Waals surface area contributed by atoms with Crippen molar-refractivity contribution in [3.05, 3.63) is 0 Å². The van der Waals surface area contributed by atoms with E-state index >= 15 is 0 Å². The lowest BCUT2D eigenvalue weighted by molar-refractivity contribution is -0.137. The van der Waals surface area contributed by atoms with E-state index < -0.39 is 5.97 Å². The summed E-state index contributed by atoms with van der Waals surface area (Å²) >= 11 is 0. The first kappa shape index (κ1) is 13.2. The van der Waals surface area contributed by atoms with Crippen LogP contribution in [0.4, 0.5) is 4.79 Å². The lowest BCUT2D eigenvalue weighted by atomic mass is 10.2. The minimum Gasteiger partial charge on any atom is -0.480 e. The first-order valence-corrected chi connectivity index (χ1v) is 6.82. The minimum absolute atomic E-state index is 0.139. The molecule has 0 aromatic carbocycles. The molecule has 2 aliphatic rings. The van der Waals surface area contributed by atoms with Crippen LogP contribution in [0.2, 0.25) is 0 Å². The molecule has 0 aromatic heterocycles. The predicted molar refractivity (Wildman–Crippen MR) is 67.3 cm³/mol. The fourth-order valence-electron chi connectivity index (χ4n) is 2.21. The number of carbonyl (C=O) groups excluding carboxylic acids is 1. The van der Waals surface area contributed by atoms with E-state index in [1.165, 1.54) is 17.7 Å². The van der Waals surface area contributed by atoms with E-state index in [1.807, 2.05) is 6.92 Å². The second-order valence-corrected chi connectivity index (χ2v) is 5.75. The summed E-state index contributed by atoms with van der Waals surface area (Å²) in [5, 5.41) is 11.7. The fourth-order valence-corrected chi connectivity index (χ4v) is 2.21. The van der Waals surface area contributed by atoms with Crippen LogP contribution in [-0.2, 0) is 4.79 Å². The van der Waals surface area contributed by atoms with E-state index in [0.717, 1.165) is 25.2 Å². The topological polar surface area (TPSA) is 69.6 Å². The van der Waals surface area contributed by atoms with Gasteiger partial charge in [-0.25, -0.2) is 4.79 Å². The second-order valence-electron chi connectivity index (χ2n) is 5.75. The number of amides is 2. The Kier molecular flexibility index (Phi) is 4.09. The first-order chi connectivity index (χ1) is 8.54. The molecule has 2 rings (SSSR count). The molecule has 0 spiro atoms. The Bertz CT molecular complexity index is 324. The van der Waals surface area contributed by atoms with Crippen LogP contribution in [0.5, 0.6) is 0 Å². The molecular weight excluding hydrogens is 232 g/mol. The summed E-state index contributed by atoms with van der Waals surface area (Å²) in [7, 11) is 0. The minimum atomic E-state index is -0.944. The fraction of sp³-hybridized carbons (Fsp3) is 0.846. The average molecular weight is 254 g/mol. The van der Waals surface area contributed by atoms with Gasteiger partial charge in [0.2, 0.25) is 0 Å². The number of carbonyl (C=O) groups is 2. The van der Waals surface area contributed by atoms with E-state index in [1.54, 1.807) is 0 Å². The molecule has 0 heterocycles. The largest absolute Gasteiger partial charge is 0.480 e. The summed E-state index contributed by atoms with van der Waals surface area (Å²) in [6, 6.07) is -0.0852. The van der Waals surface area contributed by atoms with Gasteiger partial charge in [0.05, 0.1) is 0 Å². The third-order valence-electron chi connectivity index (χ3n) is 3.54. The van der Waals surface area contributed by atoms with E-state index in [-0.39, 0.29) is 18.6 Å². The van der Waals surface area contributed by atoms with Gasteiger partial charge in [-0.15, -0.1) is 0 Å². The molecule has 2 fully saturated rings. The Morgan fingerprint density at radius 1 is 1.28 bits per heavy atom. The Morgan fingerprint density at radius 3 is 2.39 bits per heavy atom. The zero-order valence-electron chi connectivity index (χ0n) is 10.9. The number of urea groups is 1. The summed E-state index contributed by atoms with van der Waals surface area (Å²) in [5.74, 6) is 0.325. The highest BCUT2D eigenvalue weighted by atomic mass is 16.4. The van der Waals surface area contributed by atoms with Crippen molar-refractivity contribution in [1.82, 2.24) is 10.2 Å². The van der Waals surface area contributed by atoms with Crippen molar-refractivity contribution in [3.8, 4) is 0 Å². The summed E-state index contributed by atoms with van der Waals surface area (Å²) in [6.07, 6.45) is 5.76. The highest BCUT2D eigenvalue weighted by Crippen LogP contribution is 2.33. The predicted octanol–water partition coefficient (Wildman–Crippen LogP) is 1.68. The number of rotatable bonds is 7. The lowest BCUT2D eigenvalue weighted by Gasteiger charge is -2.23. The van der Waals surface area contributed by atoms with Crippen molar-refractivity contribution in [2.45, 2.75) is 45.1 Å². The van der Waals surface area contributed by atoms with Gasteiger partial charge in [0.15, 0.2) is 0 Å². The summed E-state index contributed by atoms with van der Waals surface area (Å²) in [6.45, 7) is 2.37. The number of nitrogens with one attached hydrogen (secondary N) is 1. The van der Waals surface area contributed by atoms with Gasteiger partial charge in [-0.2, -0.15) is 0 Å². The van der Waals surface area contributed by atoms with Crippen molar-refractivity contribution >= 4 is 12.0 Å². The van der Waals surface area contributed by atoms with Crippen molar-refractivity contribution in [3.63, 3.8) is 0 Å². The maximum absolute atomic E-state index is 12.0. The van der Waals surface area contributed by atoms with Gasteiger partial charge in [0.1, 0.15) is 6.54 Å². The first-order valence-electron chi connectivity index (χ1n) is 6.82. The Morgan fingerprint density at radius 2 is 1.89 bits per heavy atom. The molecule has 18 heavy (non-hydrogen) atoms. The van der Waals surface area contributed by atoms with Gasteiger partial charge in [0.25, 0.3) is 0 Å². The molecule has 0 aliphatic heterocycles. The molecule has 0 aromatic rings. The van der Waals surface area contributed by atoms with Gasteiger partial charge in [-0.1, -0.05) is 12.8 Å². The van der Waals surface area contributed by atoms with Gasteiger partial charge in [-0.05, 0) is 38.0 Å². The third kappa shape index (κ3) is 4.55. The molecule has 2 saturated carbocycles. The second kappa shape index (κ2) is 5.59. The maximum atomic E-state index is 12.0. The van der Waals surface area contributed by atoms with Gasteiger partial charge < -0.3 is 15.3 Å². The molecule has 0 radical (unpaired) electrons. The standard InChI is InChI=1S/C13H22N2O3/c1-9(6-10-2-3-10)14-13(18)15(8-12(16)17)7-11-4-5-11/h9-11H,2-8H2,1H3,(H,14,18)(H,16,17). The molecule has 2 N–H and O–H groups in total. The van der Waals surface area contributed by atoms with Crippen molar-refractivity contribution < 1.29 is 14.7 Å². The van der Waals surface area contributed by atoms with Crippen molar-refractivity contribution in [1.29, 1.82) is 0 Å². The highest BCUT2D eigenvalue weighted by molar-refractivity contribution is 5.80. The molecule has 5 nitrogen and oxygen atoms in total. The smallest absolute Gasteiger partial charge is 0.323 e. The van der Waals surface area contributed by atoms with Crippen LogP contribution in [0, 0.1) is 11.8 Å². The Labute approximate surface area is 108 Å². The van der Waals surface area contributed by atoms with Gasteiger partial charge >= 0.3 is 12.0 Å². The zero-order chi connectivity index (χ0) is 13.1. The Hall–Kier alpha value is -1.26. The van der Waals surface area contributed by atoms with Crippen LogP contribution >= 0.6 is 0 Å². The van der Waals surface area contributed by atoms with Crippen molar-refractivity contribution in [2.75, 3.05) is 13.1 Å². The normalized spacial score (nSPS) is 20.3. The molecule has 2 aliphatic carbocycles. The molecule has 2 amide bonds. The zero-order valence-corrected chi connectivity index (χ0v) is 10.9. The molecular formula is C13H22N2O3. The van der Waals surface area contributed by atoms with Crippen LogP contribution < -0.4 is 5.32 Å². The van der Waals surface area contributed by atoms with E-state index in [9.17, 15) is 9.59 Å². The molecule has 0 bridgehead atoms. The SMILES string of the molecule is CC(CC1CC1)NC(=O)N(CC(=O)O)CC1CC1. The summed E-state index contributed by atoms with van der Waals surface area (Å²) in [4.78, 5) is 24.2. The van der Waals surface area contributed by atoms with Crippen LogP contribution in [0.15, 0.2) is 0 Å². The number of carboxylic acids is 1. The maximum Gasteiger partial charge on any atom is 0.323 e. The van der Waals surface area contributed by atoms with E-state index in [4.69, 9.17) is 5.11 Å². The van der Waals surface area contributed by atoms with E-state index in [0.29, 0.717) is 12.5 Å². The number of hydrogen-bond acceptors (Lipinski definition) is 2. The van der Waals surface area contributed by atoms with E-state index in [2.05, 4.69) is 5.32 Å². The third-order valence-corrected chi connectivity index (χ3v) is 3.54. The Balaban J connectivity index is 1.78. The lowest BCUT2D eigenvalue weighted by Crippen LogP contribution is -2.46. The van der Waals surface area contributed by atoms with Crippen LogP contribution in [-0.4, -0.2) is 41.1 Å². The number of aliphatic carboxylic acids is 1. The quantitative estimate of drug-likeness (QED) is 0.726.